The lowest BCUT2D eigenvalue weighted by Gasteiger charge is -2.27. The third-order valence-electron chi connectivity index (χ3n) is 3.54. The zero-order chi connectivity index (χ0) is 15.7. The topological polar surface area (TPSA) is 61.0 Å². The predicted molar refractivity (Wildman–Crippen MR) is 73.2 cm³/mol. The van der Waals surface area contributed by atoms with E-state index in [1.54, 1.807) is 6.33 Å². The molecule has 0 saturated heterocycles. The first-order chi connectivity index (χ1) is 10.4. The normalized spacial score (nSPS) is 14.6. The van der Waals surface area contributed by atoms with E-state index in [1.807, 2.05) is 0 Å². The van der Waals surface area contributed by atoms with Gasteiger partial charge in [0.25, 0.3) is 0 Å². The van der Waals surface area contributed by atoms with Crippen LogP contribution in [0.25, 0.3) is 0 Å². The fourth-order valence-electron chi connectivity index (χ4n) is 2.42. The molecule has 2 heterocycles. The molecule has 116 valence electrons. The van der Waals surface area contributed by atoms with Crippen molar-refractivity contribution >= 4 is 11.7 Å². The summed E-state index contributed by atoms with van der Waals surface area (Å²) in [7, 11) is 0. The van der Waals surface area contributed by atoms with Gasteiger partial charge in [-0.2, -0.15) is 13.2 Å². The number of aromatic nitrogens is 2. The lowest BCUT2D eigenvalue weighted by molar-refractivity contribution is -0.136. The van der Waals surface area contributed by atoms with Gasteiger partial charge in [-0.3, -0.25) is 0 Å². The van der Waals surface area contributed by atoms with E-state index in [2.05, 4.69) is 15.3 Å². The van der Waals surface area contributed by atoms with Crippen molar-refractivity contribution in [2.45, 2.75) is 19.1 Å². The Balaban J connectivity index is 1.76. The summed E-state index contributed by atoms with van der Waals surface area (Å²) in [6.07, 6.45) is -2.39. The first-order valence-electron chi connectivity index (χ1n) is 6.68. The molecule has 0 fully saturated rings. The summed E-state index contributed by atoms with van der Waals surface area (Å²) >= 11 is 0. The van der Waals surface area contributed by atoms with Crippen molar-refractivity contribution in [2.24, 2.45) is 0 Å². The molecule has 22 heavy (non-hydrogen) atoms. The molecule has 0 aliphatic carbocycles. The lowest BCUT2D eigenvalue weighted by atomic mass is 10.1. The number of halogens is 3. The number of urea groups is 1. The van der Waals surface area contributed by atoms with Crippen molar-refractivity contribution in [3.05, 3.63) is 47.5 Å². The fourth-order valence-corrected chi connectivity index (χ4v) is 2.42. The number of para-hydroxylation sites is 1. The molecule has 1 aliphatic heterocycles. The molecule has 0 radical (unpaired) electrons. The highest BCUT2D eigenvalue weighted by molar-refractivity contribution is 5.90. The summed E-state index contributed by atoms with van der Waals surface area (Å²) in [5, 5.41) is 2.34. The van der Waals surface area contributed by atoms with Crippen LogP contribution in [0.4, 0.5) is 23.7 Å². The first-order valence-corrected chi connectivity index (χ1v) is 6.68. The highest BCUT2D eigenvalue weighted by Crippen LogP contribution is 2.34. The molecule has 3 rings (SSSR count). The van der Waals surface area contributed by atoms with Gasteiger partial charge >= 0.3 is 12.2 Å². The Bertz CT molecular complexity index is 695. The number of anilines is 1. The number of carbonyl (C=O) groups excluding carboxylic acids is 1. The van der Waals surface area contributed by atoms with Gasteiger partial charge in [0.15, 0.2) is 0 Å². The third kappa shape index (κ3) is 2.76. The molecule has 0 spiro atoms. The van der Waals surface area contributed by atoms with E-state index in [9.17, 15) is 18.0 Å². The monoisotopic (exact) mass is 310 g/mol. The summed E-state index contributed by atoms with van der Waals surface area (Å²) in [4.78, 5) is 20.7. The Morgan fingerprint density at radius 2 is 2.09 bits per heavy atom. The van der Waals surface area contributed by atoms with Crippen molar-refractivity contribution < 1.29 is 18.0 Å². The molecule has 1 aliphatic rings. The minimum absolute atomic E-state index is 0.240. The molecule has 0 atom stereocenters. The van der Waals surface area contributed by atoms with Gasteiger partial charge in [0.2, 0.25) is 0 Å². The molecule has 8 heteroatoms. The average molecular weight is 310 g/mol. The Hall–Kier alpha value is -2.51. The van der Waals surface area contributed by atoms with Crippen molar-refractivity contribution in [3.63, 3.8) is 0 Å². The maximum absolute atomic E-state index is 12.9. The molecule has 0 unspecified atom stereocenters. The predicted octanol–water partition coefficient (Wildman–Crippen LogP) is 3.02. The maximum Gasteiger partial charge on any atom is 0.418 e. The molecule has 1 aromatic heterocycles. The van der Waals surface area contributed by atoms with E-state index >= 15 is 0 Å². The summed E-state index contributed by atoms with van der Waals surface area (Å²) in [5.74, 6) is 0. The molecular formula is C14H13F3N4O. The standard InChI is InChI=1S/C14H13F3N4O/c15-14(16,17)9-3-1-2-4-10(9)20-13(22)21-6-5-11-12(7-21)19-8-18-11/h1-4,8H,5-7H2,(H,18,19)(H,20,22). The fraction of sp³-hybridized carbons (Fsp3) is 0.286. The van der Waals surface area contributed by atoms with Gasteiger partial charge in [0, 0.05) is 13.0 Å². The number of H-pyrrole nitrogens is 1. The number of hydrogen-bond donors (Lipinski definition) is 2. The van der Waals surface area contributed by atoms with Crippen molar-refractivity contribution in [1.29, 1.82) is 0 Å². The Labute approximate surface area is 124 Å². The second kappa shape index (κ2) is 5.36. The zero-order valence-electron chi connectivity index (χ0n) is 11.4. The number of rotatable bonds is 1. The minimum Gasteiger partial charge on any atom is -0.347 e. The van der Waals surface area contributed by atoms with Crippen LogP contribution in [-0.2, 0) is 19.1 Å². The number of nitrogens with one attached hydrogen (secondary N) is 2. The summed E-state index contributed by atoms with van der Waals surface area (Å²) in [6, 6.07) is 4.37. The van der Waals surface area contributed by atoms with Gasteiger partial charge in [-0.05, 0) is 12.1 Å². The van der Waals surface area contributed by atoms with Crippen LogP contribution >= 0.6 is 0 Å². The quantitative estimate of drug-likeness (QED) is 0.850. The van der Waals surface area contributed by atoms with Crippen LogP contribution in [0, 0.1) is 0 Å². The zero-order valence-corrected chi connectivity index (χ0v) is 11.4. The SMILES string of the molecule is O=C(Nc1ccccc1C(F)(F)F)N1CCc2nc[nH]c2C1. The van der Waals surface area contributed by atoms with Gasteiger partial charge < -0.3 is 15.2 Å². The van der Waals surface area contributed by atoms with Gasteiger partial charge in [-0.15, -0.1) is 0 Å². The number of alkyl halides is 3. The highest BCUT2D eigenvalue weighted by Gasteiger charge is 2.34. The third-order valence-corrected chi connectivity index (χ3v) is 3.54. The van der Waals surface area contributed by atoms with Gasteiger partial charge in [0.05, 0.1) is 35.5 Å². The van der Waals surface area contributed by atoms with Crippen LogP contribution in [-0.4, -0.2) is 27.4 Å². The second-order valence-corrected chi connectivity index (χ2v) is 4.97. The van der Waals surface area contributed by atoms with E-state index in [1.165, 1.54) is 23.1 Å². The molecule has 5 nitrogen and oxygen atoms in total. The molecule has 1 aromatic carbocycles. The van der Waals surface area contributed by atoms with E-state index in [0.717, 1.165) is 17.5 Å². The van der Waals surface area contributed by atoms with Crippen molar-refractivity contribution in [3.8, 4) is 0 Å². The molecule has 2 amide bonds. The summed E-state index contributed by atoms with van der Waals surface area (Å²) < 4.78 is 38.8. The molecular weight excluding hydrogens is 297 g/mol. The van der Waals surface area contributed by atoms with Crippen LogP contribution < -0.4 is 5.32 Å². The van der Waals surface area contributed by atoms with E-state index in [4.69, 9.17) is 0 Å². The summed E-state index contributed by atoms with van der Waals surface area (Å²) in [5.41, 5.74) is 0.600. The van der Waals surface area contributed by atoms with E-state index in [-0.39, 0.29) is 5.69 Å². The van der Waals surface area contributed by atoms with Gasteiger partial charge in [-0.1, -0.05) is 12.1 Å². The van der Waals surface area contributed by atoms with Gasteiger partial charge in [0.1, 0.15) is 0 Å². The minimum atomic E-state index is -4.51. The number of carbonyl (C=O) groups is 1. The molecule has 0 bridgehead atoms. The number of nitrogens with zero attached hydrogens (tertiary/aromatic N) is 2. The van der Waals surface area contributed by atoms with Crippen LogP contribution in [0.2, 0.25) is 0 Å². The van der Waals surface area contributed by atoms with Crippen LogP contribution in [0.1, 0.15) is 17.0 Å². The Morgan fingerprint density at radius 3 is 2.86 bits per heavy atom. The van der Waals surface area contributed by atoms with Gasteiger partial charge in [-0.25, -0.2) is 9.78 Å². The Morgan fingerprint density at radius 1 is 1.32 bits per heavy atom. The van der Waals surface area contributed by atoms with E-state index < -0.39 is 17.8 Å². The van der Waals surface area contributed by atoms with Crippen LogP contribution in [0.5, 0.6) is 0 Å². The van der Waals surface area contributed by atoms with Crippen molar-refractivity contribution in [1.82, 2.24) is 14.9 Å². The van der Waals surface area contributed by atoms with Crippen molar-refractivity contribution in [2.75, 3.05) is 11.9 Å². The summed E-state index contributed by atoms with van der Waals surface area (Å²) in [6.45, 7) is 0.715. The lowest BCUT2D eigenvalue weighted by Crippen LogP contribution is -2.39. The average Bonchev–Trinajstić information content (AvgIpc) is 2.94. The maximum atomic E-state index is 12.9. The number of amides is 2. The number of fused-ring (bicyclic) bond motifs is 1. The molecule has 0 saturated carbocycles. The van der Waals surface area contributed by atoms with E-state index in [0.29, 0.717) is 19.5 Å². The second-order valence-electron chi connectivity index (χ2n) is 4.97. The number of imidazole rings is 1. The smallest absolute Gasteiger partial charge is 0.347 e. The van der Waals surface area contributed by atoms with Crippen LogP contribution in [0.15, 0.2) is 30.6 Å². The number of hydrogen-bond acceptors (Lipinski definition) is 2. The number of benzene rings is 1. The largest absolute Gasteiger partial charge is 0.418 e. The first kappa shape index (κ1) is 14.4. The molecule has 2 aromatic rings. The Kier molecular flexibility index (Phi) is 3.51. The van der Waals surface area contributed by atoms with Crippen LogP contribution in [0.3, 0.4) is 0 Å². The highest BCUT2D eigenvalue weighted by atomic mass is 19.4. The number of aromatic amines is 1. The molecule has 2 N–H and O–H groups in total.